The van der Waals surface area contributed by atoms with Crippen molar-refractivity contribution in [2.75, 3.05) is 23.3 Å². The molecule has 1 heterocycles. The van der Waals surface area contributed by atoms with Crippen molar-refractivity contribution in [3.05, 3.63) is 53.6 Å². The summed E-state index contributed by atoms with van der Waals surface area (Å²) < 4.78 is 27.7. The van der Waals surface area contributed by atoms with Gasteiger partial charge >= 0.3 is 0 Å². The molecule has 0 saturated heterocycles. The number of carbonyl (C=O) groups excluding carboxylic acids is 2. The average molecular weight is 444 g/mol. The third kappa shape index (κ3) is 5.51. The molecule has 166 valence electrons. The SMILES string of the molecule is CCC(=O)N1CCc2cc(S(=O)(=O)NCCC(=O)Nc3ccc(C(C)C)cc3)ccc21. The third-order valence-corrected chi connectivity index (χ3v) is 6.82. The fourth-order valence-electron chi connectivity index (χ4n) is 3.55. The van der Waals surface area contributed by atoms with E-state index < -0.39 is 10.0 Å². The molecule has 3 rings (SSSR count). The molecule has 1 aliphatic heterocycles. The maximum atomic E-state index is 12.6. The molecular formula is C23H29N3O4S. The van der Waals surface area contributed by atoms with Crippen molar-refractivity contribution in [1.29, 1.82) is 0 Å². The zero-order valence-corrected chi connectivity index (χ0v) is 19.0. The van der Waals surface area contributed by atoms with Crippen LogP contribution < -0.4 is 14.9 Å². The van der Waals surface area contributed by atoms with Crippen LogP contribution in [0, 0.1) is 0 Å². The summed E-state index contributed by atoms with van der Waals surface area (Å²) in [7, 11) is -3.74. The highest BCUT2D eigenvalue weighted by Crippen LogP contribution is 2.30. The quantitative estimate of drug-likeness (QED) is 0.653. The van der Waals surface area contributed by atoms with E-state index in [-0.39, 0.29) is 29.7 Å². The maximum Gasteiger partial charge on any atom is 0.240 e. The van der Waals surface area contributed by atoms with E-state index in [0.717, 1.165) is 11.3 Å². The first-order valence-electron chi connectivity index (χ1n) is 10.5. The number of nitrogens with one attached hydrogen (secondary N) is 2. The predicted molar refractivity (Wildman–Crippen MR) is 122 cm³/mol. The number of anilines is 2. The van der Waals surface area contributed by atoms with Gasteiger partial charge in [0.2, 0.25) is 21.8 Å². The Labute approximate surface area is 183 Å². The highest BCUT2D eigenvalue weighted by atomic mass is 32.2. The molecular weight excluding hydrogens is 414 g/mol. The minimum atomic E-state index is -3.74. The second-order valence-electron chi connectivity index (χ2n) is 7.91. The Morgan fingerprint density at radius 3 is 2.45 bits per heavy atom. The lowest BCUT2D eigenvalue weighted by Gasteiger charge is -2.16. The molecule has 0 saturated carbocycles. The Balaban J connectivity index is 1.55. The van der Waals surface area contributed by atoms with Gasteiger partial charge in [-0.1, -0.05) is 32.9 Å². The summed E-state index contributed by atoms with van der Waals surface area (Å²) in [5, 5.41) is 2.78. The van der Waals surface area contributed by atoms with Crippen LogP contribution in [-0.2, 0) is 26.0 Å². The van der Waals surface area contributed by atoms with Gasteiger partial charge in [-0.25, -0.2) is 13.1 Å². The molecule has 0 unspecified atom stereocenters. The van der Waals surface area contributed by atoms with E-state index in [1.807, 2.05) is 24.3 Å². The lowest BCUT2D eigenvalue weighted by molar-refractivity contribution is -0.118. The van der Waals surface area contributed by atoms with E-state index in [0.29, 0.717) is 31.0 Å². The van der Waals surface area contributed by atoms with Crippen molar-refractivity contribution in [2.45, 2.75) is 50.8 Å². The van der Waals surface area contributed by atoms with E-state index in [1.165, 1.54) is 11.6 Å². The normalized spacial score (nSPS) is 13.4. The molecule has 0 fully saturated rings. The van der Waals surface area contributed by atoms with Gasteiger partial charge in [-0.15, -0.1) is 0 Å². The van der Waals surface area contributed by atoms with E-state index >= 15 is 0 Å². The number of fused-ring (bicyclic) bond motifs is 1. The first kappa shape index (κ1) is 23.0. The molecule has 2 amide bonds. The highest BCUT2D eigenvalue weighted by Gasteiger charge is 2.25. The summed E-state index contributed by atoms with van der Waals surface area (Å²) in [6.45, 7) is 6.57. The summed E-state index contributed by atoms with van der Waals surface area (Å²) in [5.41, 5.74) is 3.48. The number of hydrogen-bond donors (Lipinski definition) is 2. The molecule has 7 nitrogen and oxygen atoms in total. The lowest BCUT2D eigenvalue weighted by atomic mass is 10.0. The summed E-state index contributed by atoms with van der Waals surface area (Å²) in [6.07, 6.45) is 1.06. The molecule has 2 aromatic carbocycles. The molecule has 8 heteroatoms. The van der Waals surface area contributed by atoms with Crippen molar-refractivity contribution < 1.29 is 18.0 Å². The van der Waals surface area contributed by atoms with Crippen molar-refractivity contribution >= 4 is 33.2 Å². The van der Waals surface area contributed by atoms with Crippen LogP contribution in [0.3, 0.4) is 0 Å². The van der Waals surface area contributed by atoms with Gasteiger partial charge < -0.3 is 10.2 Å². The Morgan fingerprint density at radius 2 is 1.81 bits per heavy atom. The first-order valence-corrected chi connectivity index (χ1v) is 12.0. The van der Waals surface area contributed by atoms with Crippen LogP contribution >= 0.6 is 0 Å². The fraction of sp³-hybridized carbons (Fsp3) is 0.391. The number of carbonyl (C=O) groups is 2. The second-order valence-corrected chi connectivity index (χ2v) is 9.68. The van der Waals surface area contributed by atoms with Gasteiger partial charge in [0.15, 0.2) is 0 Å². The fourth-order valence-corrected chi connectivity index (χ4v) is 4.63. The van der Waals surface area contributed by atoms with Gasteiger partial charge in [-0.2, -0.15) is 0 Å². The molecule has 0 atom stereocenters. The van der Waals surface area contributed by atoms with Crippen LogP contribution in [0.2, 0.25) is 0 Å². The predicted octanol–water partition coefficient (Wildman–Crippen LogP) is 3.42. The Morgan fingerprint density at radius 1 is 1.10 bits per heavy atom. The monoisotopic (exact) mass is 443 g/mol. The number of nitrogens with zero attached hydrogens (tertiary/aromatic N) is 1. The zero-order chi connectivity index (χ0) is 22.6. The van der Waals surface area contributed by atoms with Gasteiger partial charge in [0.25, 0.3) is 0 Å². The molecule has 0 spiro atoms. The van der Waals surface area contributed by atoms with Gasteiger partial charge in [-0.3, -0.25) is 9.59 Å². The molecule has 31 heavy (non-hydrogen) atoms. The number of hydrogen-bond acceptors (Lipinski definition) is 4. The summed E-state index contributed by atoms with van der Waals surface area (Å²) >= 11 is 0. The van der Waals surface area contributed by atoms with Crippen LogP contribution in [0.25, 0.3) is 0 Å². The first-order chi connectivity index (χ1) is 14.7. The molecule has 2 aromatic rings. The van der Waals surface area contributed by atoms with Crippen LogP contribution in [-0.4, -0.2) is 33.3 Å². The van der Waals surface area contributed by atoms with E-state index in [2.05, 4.69) is 23.9 Å². The van der Waals surface area contributed by atoms with Crippen LogP contribution in [0.1, 0.15) is 50.7 Å². The Bertz CT molecular complexity index is 1060. The smallest absolute Gasteiger partial charge is 0.240 e. The van der Waals surface area contributed by atoms with Gasteiger partial charge in [-0.05, 0) is 53.8 Å². The van der Waals surface area contributed by atoms with E-state index in [1.54, 1.807) is 24.0 Å². The summed E-state index contributed by atoms with van der Waals surface area (Å²) in [5.74, 6) is 0.175. The van der Waals surface area contributed by atoms with Crippen molar-refractivity contribution in [3.8, 4) is 0 Å². The molecule has 0 aliphatic carbocycles. The second kappa shape index (κ2) is 9.62. The standard InChI is InChI=1S/C23H29N3O4S/c1-4-23(28)26-14-12-18-15-20(9-10-21(18)26)31(29,30)24-13-11-22(27)25-19-7-5-17(6-8-19)16(2)3/h5-10,15-16,24H,4,11-14H2,1-3H3,(H,25,27). The number of sulfonamides is 1. The molecule has 0 aromatic heterocycles. The highest BCUT2D eigenvalue weighted by molar-refractivity contribution is 7.89. The topological polar surface area (TPSA) is 95.6 Å². The summed E-state index contributed by atoms with van der Waals surface area (Å²) in [4.78, 5) is 26.0. The molecule has 0 bridgehead atoms. The van der Waals surface area contributed by atoms with Crippen LogP contribution in [0.5, 0.6) is 0 Å². The minimum Gasteiger partial charge on any atom is -0.326 e. The number of amides is 2. The van der Waals surface area contributed by atoms with Gasteiger partial charge in [0.05, 0.1) is 4.90 Å². The largest absolute Gasteiger partial charge is 0.326 e. The Hall–Kier alpha value is -2.71. The van der Waals surface area contributed by atoms with Crippen molar-refractivity contribution in [1.82, 2.24) is 4.72 Å². The van der Waals surface area contributed by atoms with Crippen molar-refractivity contribution in [3.63, 3.8) is 0 Å². The number of rotatable bonds is 8. The van der Waals surface area contributed by atoms with Crippen LogP contribution in [0.15, 0.2) is 47.4 Å². The van der Waals surface area contributed by atoms with E-state index in [9.17, 15) is 18.0 Å². The van der Waals surface area contributed by atoms with Gasteiger partial charge in [0, 0.05) is 37.3 Å². The third-order valence-electron chi connectivity index (χ3n) is 5.37. The van der Waals surface area contributed by atoms with E-state index in [4.69, 9.17) is 0 Å². The number of benzene rings is 2. The Kier molecular flexibility index (Phi) is 7.12. The average Bonchev–Trinajstić information content (AvgIpc) is 3.16. The lowest BCUT2D eigenvalue weighted by Crippen LogP contribution is -2.28. The minimum absolute atomic E-state index is 0.00419. The van der Waals surface area contributed by atoms with Gasteiger partial charge in [0.1, 0.15) is 0 Å². The maximum absolute atomic E-state index is 12.6. The summed E-state index contributed by atoms with van der Waals surface area (Å²) in [6, 6.07) is 12.4. The molecule has 0 radical (unpaired) electrons. The van der Waals surface area contributed by atoms with Crippen LogP contribution in [0.4, 0.5) is 11.4 Å². The molecule has 1 aliphatic rings. The molecule has 2 N–H and O–H groups in total. The van der Waals surface area contributed by atoms with Crippen molar-refractivity contribution in [2.24, 2.45) is 0 Å². The zero-order valence-electron chi connectivity index (χ0n) is 18.1.